The van der Waals surface area contributed by atoms with Gasteiger partial charge in [-0.2, -0.15) is 0 Å². The summed E-state index contributed by atoms with van der Waals surface area (Å²) >= 11 is 0. The highest BCUT2D eigenvalue weighted by molar-refractivity contribution is 7.90. The molecule has 1 heterocycles. The average Bonchev–Trinajstić information content (AvgIpc) is 3.41. The van der Waals surface area contributed by atoms with Gasteiger partial charge in [-0.3, -0.25) is 4.79 Å². The Bertz CT molecular complexity index is 1060. The van der Waals surface area contributed by atoms with Crippen molar-refractivity contribution in [2.75, 3.05) is 12.9 Å². The van der Waals surface area contributed by atoms with E-state index in [2.05, 4.69) is 0 Å². The maximum absolute atomic E-state index is 13.7. The number of amides is 2. The van der Waals surface area contributed by atoms with Crippen molar-refractivity contribution < 1.29 is 22.7 Å². The van der Waals surface area contributed by atoms with Crippen molar-refractivity contribution in [3.05, 3.63) is 65.7 Å². The lowest BCUT2D eigenvalue weighted by Gasteiger charge is -2.27. The summed E-state index contributed by atoms with van der Waals surface area (Å²) in [7, 11) is -3.33. The van der Waals surface area contributed by atoms with Crippen LogP contribution in [0.5, 0.6) is 0 Å². The maximum Gasteiger partial charge on any atom is 0.417 e. The highest BCUT2D eigenvalue weighted by Gasteiger charge is 2.42. The fourth-order valence-corrected chi connectivity index (χ4v) is 5.47. The van der Waals surface area contributed by atoms with Crippen molar-refractivity contribution in [2.24, 2.45) is 5.92 Å². The summed E-state index contributed by atoms with van der Waals surface area (Å²) in [5, 5.41) is 0. The lowest BCUT2D eigenvalue weighted by atomic mass is 9.86. The van der Waals surface area contributed by atoms with Gasteiger partial charge in [-0.1, -0.05) is 68.1 Å². The third kappa shape index (κ3) is 5.04. The summed E-state index contributed by atoms with van der Waals surface area (Å²) < 4.78 is 29.0. The van der Waals surface area contributed by atoms with Crippen molar-refractivity contribution in [2.45, 2.75) is 55.4 Å². The summed E-state index contributed by atoms with van der Waals surface area (Å²) in [5.74, 6) is -0.340. The van der Waals surface area contributed by atoms with Gasteiger partial charge in [0, 0.05) is 6.26 Å². The van der Waals surface area contributed by atoms with Gasteiger partial charge in [0.2, 0.25) is 5.91 Å². The van der Waals surface area contributed by atoms with Gasteiger partial charge >= 0.3 is 6.09 Å². The monoisotopic (exact) mass is 455 g/mol. The fraction of sp³-hybridized carbons (Fsp3) is 0.440. The first kappa shape index (κ1) is 22.5. The number of hydrogen-bond acceptors (Lipinski definition) is 5. The van der Waals surface area contributed by atoms with Crippen molar-refractivity contribution in [3.8, 4) is 0 Å². The van der Waals surface area contributed by atoms with Gasteiger partial charge in [-0.15, -0.1) is 0 Å². The van der Waals surface area contributed by atoms with E-state index in [9.17, 15) is 18.0 Å². The molecule has 0 unspecified atom stereocenters. The molecule has 2 atom stereocenters. The lowest BCUT2D eigenvalue weighted by Crippen LogP contribution is -2.43. The Balaban J connectivity index is 1.61. The summed E-state index contributed by atoms with van der Waals surface area (Å²) in [4.78, 5) is 27.8. The standard InChI is InChI=1S/C25H29NO5S/c1-32(29,30)22-13-11-20(12-14-22)23(16-19-9-5-6-10-19)24(27)26-21(17-31-25(26)28)15-18-7-3-2-4-8-18/h2-4,7-8,11-14,19,21,23H,5-6,9-10,15-17H2,1H3/t21-,23-/m1/s1. The van der Waals surface area contributed by atoms with Crippen LogP contribution < -0.4 is 0 Å². The van der Waals surface area contributed by atoms with E-state index in [4.69, 9.17) is 4.74 Å². The zero-order valence-electron chi connectivity index (χ0n) is 18.3. The SMILES string of the molecule is CS(=O)(=O)c1ccc([C@@H](CC2CCCC2)C(=O)N2C(=O)OC[C@H]2Cc2ccccc2)cc1. The van der Waals surface area contributed by atoms with E-state index >= 15 is 0 Å². The molecule has 0 aromatic heterocycles. The number of ether oxygens (including phenoxy) is 1. The van der Waals surface area contributed by atoms with Crippen LogP contribution in [0.25, 0.3) is 0 Å². The molecule has 2 aliphatic rings. The van der Waals surface area contributed by atoms with Gasteiger partial charge in [-0.25, -0.2) is 18.1 Å². The van der Waals surface area contributed by atoms with Crippen LogP contribution in [-0.4, -0.2) is 44.2 Å². The first-order valence-electron chi connectivity index (χ1n) is 11.2. The molecule has 2 fully saturated rings. The quantitative estimate of drug-likeness (QED) is 0.620. The van der Waals surface area contributed by atoms with E-state index in [-0.39, 0.29) is 23.5 Å². The Hall–Kier alpha value is -2.67. The van der Waals surface area contributed by atoms with Crippen molar-refractivity contribution >= 4 is 21.8 Å². The highest BCUT2D eigenvalue weighted by Crippen LogP contribution is 2.36. The zero-order chi connectivity index (χ0) is 22.7. The summed E-state index contributed by atoms with van der Waals surface area (Å²) in [6.45, 7) is 0.183. The number of sulfone groups is 1. The predicted molar refractivity (Wildman–Crippen MR) is 121 cm³/mol. The minimum atomic E-state index is -3.33. The molecular weight excluding hydrogens is 426 g/mol. The normalized spacial score (nSPS) is 20.3. The molecule has 1 aliphatic carbocycles. The highest BCUT2D eigenvalue weighted by atomic mass is 32.2. The molecule has 1 aliphatic heterocycles. The molecule has 2 aromatic rings. The van der Waals surface area contributed by atoms with Gasteiger partial charge in [0.05, 0.1) is 16.9 Å². The number of cyclic esters (lactones) is 1. The number of nitrogens with zero attached hydrogens (tertiary/aromatic N) is 1. The first-order valence-corrected chi connectivity index (χ1v) is 13.1. The molecule has 0 bridgehead atoms. The Labute approximate surface area is 189 Å². The van der Waals surface area contributed by atoms with E-state index < -0.39 is 21.8 Å². The third-order valence-corrected chi connectivity index (χ3v) is 7.69. The van der Waals surface area contributed by atoms with Crippen LogP contribution in [0.2, 0.25) is 0 Å². The predicted octanol–water partition coefficient (Wildman–Crippen LogP) is 4.34. The van der Waals surface area contributed by atoms with E-state index in [1.165, 1.54) is 4.90 Å². The number of hydrogen-bond donors (Lipinski definition) is 0. The number of carbonyl (C=O) groups excluding carboxylic acids is 2. The van der Waals surface area contributed by atoms with Crippen LogP contribution in [-0.2, 0) is 25.8 Å². The Kier molecular flexibility index (Phi) is 6.65. The van der Waals surface area contributed by atoms with E-state index in [1.54, 1.807) is 24.3 Å². The van der Waals surface area contributed by atoms with Crippen LogP contribution >= 0.6 is 0 Å². The molecule has 2 amide bonds. The molecule has 2 aromatic carbocycles. The van der Waals surface area contributed by atoms with Gasteiger partial charge in [-0.05, 0) is 42.0 Å². The van der Waals surface area contributed by atoms with Crippen molar-refractivity contribution in [1.29, 1.82) is 0 Å². The summed E-state index contributed by atoms with van der Waals surface area (Å²) in [6, 6.07) is 15.9. The molecular formula is C25H29NO5S. The Morgan fingerprint density at radius 2 is 1.72 bits per heavy atom. The van der Waals surface area contributed by atoms with Crippen LogP contribution in [0.1, 0.15) is 49.1 Å². The minimum Gasteiger partial charge on any atom is -0.447 e. The number of benzene rings is 2. The van der Waals surface area contributed by atoms with Crippen molar-refractivity contribution in [1.82, 2.24) is 4.90 Å². The second-order valence-electron chi connectivity index (χ2n) is 8.91. The lowest BCUT2D eigenvalue weighted by molar-refractivity contribution is -0.131. The topological polar surface area (TPSA) is 80.8 Å². The first-order chi connectivity index (χ1) is 15.3. The van der Waals surface area contributed by atoms with Crippen LogP contribution in [0.3, 0.4) is 0 Å². The van der Waals surface area contributed by atoms with Crippen molar-refractivity contribution in [3.63, 3.8) is 0 Å². The second kappa shape index (κ2) is 9.45. The molecule has 0 N–H and O–H groups in total. The average molecular weight is 456 g/mol. The van der Waals surface area contributed by atoms with Crippen LogP contribution in [0, 0.1) is 5.92 Å². The van der Waals surface area contributed by atoms with E-state index in [1.807, 2.05) is 30.3 Å². The Morgan fingerprint density at radius 1 is 1.06 bits per heavy atom. The molecule has 4 rings (SSSR count). The minimum absolute atomic E-state index is 0.183. The second-order valence-corrected chi connectivity index (χ2v) is 10.9. The van der Waals surface area contributed by atoms with Gasteiger partial charge in [0.15, 0.2) is 9.84 Å². The molecule has 0 radical (unpaired) electrons. The number of imide groups is 1. The van der Waals surface area contributed by atoms with Gasteiger partial charge in [0.1, 0.15) is 6.61 Å². The molecule has 170 valence electrons. The summed E-state index contributed by atoms with van der Waals surface area (Å²) in [6.07, 6.45) is 6.21. The number of rotatable bonds is 7. The fourth-order valence-electron chi connectivity index (χ4n) is 4.84. The maximum atomic E-state index is 13.7. The van der Waals surface area contributed by atoms with Crippen LogP contribution in [0.4, 0.5) is 4.79 Å². The van der Waals surface area contributed by atoms with Gasteiger partial charge < -0.3 is 4.74 Å². The largest absolute Gasteiger partial charge is 0.447 e. The molecule has 0 spiro atoms. The third-order valence-electron chi connectivity index (χ3n) is 6.57. The molecule has 1 saturated heterocycles. The summed E-state index contributed by atoms with van der Waals surface area (Å²) in [5.41, 5.74) is 1.78. The zero-order valence-corrected chi connectivity index (χ0v) is 19.1. The molecule has 6 nitrogen and oxygen atoms in total. The van der Waals surface area contributed by atoms with Crippen LogP contribution in [0.15, 0.2) is 59.5 Å². The molecule has 7 heteroatoms. The molecule has 32 heavy (non-hydrogen) atoms. The van der Waals surface area contributed by atoms with Gasteiger partial charge in [0.25, 0.3) is 0 Å². The van der Waals surface area contributed by atoms with E-state index in [0.717, 1.165) is 43.1 Å². The van der Waals surface area contributed by atoms with E-state index in [0.29, 0.717) is 18.8 Å². The number of carbonyl (C=O) groups is 2. The smallest absolute Gasteiger partial charge is 0.417 e. The Morgan fingerprint density at radius 3 is 2.34 bits per heavy atom. The molecule has 1 saturated carbocycles.